The van der Waals surface area contributed by atoms with Crippen LogP contribution in [0.25, 0.3) is 0 Å². The molecule has 1 saturated carbocycles. The first-order chi connectivity index (χ1) is 7.96. The summed E-state index contributed by atoms with van der Waals surface area (Å²) >= 11 is 0. The second-order valence-electron chi connectivity index (χ2n) is 6.55. The third kappa shape index (κ3) is 3.98. The van der Waals surface area contributed by atoms with Gasteiger partial charge in [0.05, 0.1) is 11.7 Å². The first-order valence-electron chi connectivity index (χ1n) is 7.63. The summed E-state index contributed by atoms with van der Waals surface area (Å²) in [6, 6.07) is 0. The fourth-order valence-electron chi connectivity index (χ4n) is 2.75. The molecule has 0 aromatic rings. The maximum Gasteiger partial charge on any atom is 0.0683 e. The molecule has 0 radical (unpaired) electrons. The van der Waals surface area contributed by atoms with Crippen molar-refractivity contribution in [3.63, 3.8) is 0 Å². The SMILES string of the molecule is CCC1(OC(C)C(C)(C)CC)CCCCCC1. The Balaban J connectivity index is 2.67. The highest BCUT2D eigenvalue weighted by atomic mass is 16.5. The molecule has 0 aromatic carbocycles. The molecule has 1 heteroatoms. The molecule has 1 atom stereocenters. The third-order valence-corrected chi connectivity index (χ3v) is 5.10. The Morgan fingerprint density at radius 2 is 1.59 bits per heavy atom. The molecule has 1 aliphatic carbocycles. The summed E-state index contributed by atoms with van der Waals surface area (Å²) < 4.78 is 6.56. The Labute approximate surface area is 108 Å². The van der Waals surface area contributed by atoms with Gasteiger partial charge in [0.25, 0.3) is 0 Å². The minimum absolute atomic E-state index is 0.183. The molecule has 0 bridgehead atoms. The summed E-state index contributed by atoms with van der Waals surface area (Å²) in [6.07, 6.45) is 10.8. The van der Waals surface area contributed by atoms with Crippen LogP contribution in [-0.2, 0) is 4.74 Å². The molecule has 1 nitrogen and oxygen atoms in total. The molecule has 102 valence electrons. The Kier molecular flexibility index (Phi) is 5.50. The van der Waals surface area contributed by atoms with E-state index >= 15 is 0 Å². The van der Waals surface area contributed by atoms with Gasteiger partial charge in [-0.2, -0.15) is 0 Å². The Bertz CT molecular complexity index is 212. The molecule has 0 amide bonds. The molecule has 17 heavy (non-hydrogen) atoms. The van der Waals surface area contributed by atoms with Crippen molar-refractivity contribution in [1.82, 2.24) is 0 Å². The second kappa shape index (κ2) is 6.22. The van der Waals surface area contributed by atoms with Crippen LogP contribution in [0.3, 0.4) is 0 Å². The van der Waals surface area contributed by atoms with Crippen molar-refractivity contribution in [2.45, 2.75) is 97.7 Å². The molecule has 0 spiro atoms. The fraction of sp³-hybridized carbons (Fsp3) is 1.00. The predicted octanol–water partition coefficient (Wildman–Crippen LogP) is 5.33. The van der Waals surface area contributed by atoms with Gasteiger partial charge in [-0.1, -0.05) is 53.4 Å². The van der Waals surface area contributed by atoms with Crippen LogP contribution in [0, 0.1) is 5.41 Å². The molecule has 1 fully saturated rings. The van der Waals surface area contributed by atoms with Gasteiger partial charge in [0.2, 0.25) is 0 Å². The summed E-state index contributed by atoms with van der Waals surface area (Å²) in [4.78, 5) is 0. The van der Waals surface area contributed by atoms with Crippen LogP contribution < -0.4 is 0 Å². The van der Waals surface area contributed by atoms with Crippen molar-refractivity contribution in [2.75, 3.05) is 0 Å². The fourth-order valence-corrected chi connectivity index (χ4v) is 2.75. The van der Waals surface area contributed by atoms with E-state index in [9.17, 15) is 0 Å². The lowest BCUT2D eigenvalue weighted by atomic mass is 9.83. The molecule has 0 aliphatic heterocycles. The molecule has 0 saturated heterocycles. The second-order valence-corrected chi connectivity index (χ2v) is 6.55. The van der Waals surface area contributed by atoms with E-state index in [0.717, 1.165) is 0 Å². The van der Waals surface area contributed by atoms with Crippen LogP contribution in [0.2, 0.25) is 0 Å². The number of hydrogen-bond acceptors (Lipinski definition) is 1. The maximum atomic E-state index is 6.56. The largest absolute Gasteiger partial charge is 0.372 e. The lowest BCUT2D eigenvalue weighted by Crippen LogP contribution is -2.40. The molecule has 1 rings (SSSR count). The van der Waals surface area contributed by atoms with Crippen LogP contribution >= 0.6 is 0 Å². The van der Waals surface area contributed by atoms with Gasteiger partial charge >= 0.3 is 0 Å². The van der Waals surface area contributed by atoms with Gasteiger partial charge in [0.15, 0.2) is 0 Å². The minimum Gasteiger partial charge on any atom is -0.372 e. The van der Waals surface area contributed by atoms with Crippen LogP contribution in [0.4, 0.5) is 0 Å². The van der Waals surface area contributed by atoms with Gasteiger partial charge in [-0.3, -0.25) is 0 Å². The van der Waals surface area contributed by atoms with Gasteiger partial charge < -0.3 is 4.74 Å². The molecule has 1 unspecified atom stereocenters. The Hall–Kier alpha value is -0.0400. The molecular weight excluding hydrogens is 208 g/mol. The summed E-state index contributed by atoms with van der Waals surface area (Å²) in [5.74, 6) is 0. The smallest absolute Gasteiger partial charge is 0.0683 e. The van der Waals surface area contributed by atoms with Crippen molar-refractivity contribution in [1.29, 1.82) is 0 Å². The molecule has 1 aliphatic rings. The number of rotatable bonds is 5. The van der Waals surface area contributed by atoms with Crippen LogP contribution in [0.5, 0.6) is 0 Å². The maximum absolute atomic E-state index is 6.56. The highest BCUT2D eigenvalue weighted by Crippen LogP contribution is 2.38. The van der Waals surface area contributed by atoms with E-state index in [-0.39, 0.29) is 5.60 Å². The van der Waals surface area contributed by atoms with Crippen molar-refractivity contribution < 1.29 is 4.74 Å². The zero-order valence-corrected chi connectivity index (χ0v) is 12.6. The summed E-state index contributed by atoms with van der Waals surface area (Å²) in [5.41, 5.74) is 0.483. The van der Waals surface area contributed by atoms with E-state index in [2.05, 4.69) is 34.6 Å². The average Bonchev–Trinajstić information content (AvgIpc) is 2.55. The van der Waals surface area contributed by atoms with Gasteiger partial charge in [-0.15, -0.1) is 0 Å². The van der Waals surface area contributed by atoms with Crippen LogP contribution in [0.1, 0.15) is 86.0 Å². The normalized spacial score (nSPS) is 23.1. The zero-order chi connectivity index (χ0) is 12.9. The standard InChI is InChI=1S/C16H32O/c1-6-15(4,5)14(3)17-16(7-2)12-10-8-9-11-13-16/h14H,6-13H2,1-5H3. The highest BCUT2D eigenvalue weighted by Gasteiger charge is 2.35. The first kappa shape index (κ1) is 15.0. The summed E-state index contributed by atoms with van der Waals surface area (Å²) in [7, 11) is 0. The molecule has 0 aromatic heterocycles. The number of hydrogen-bond donors (Lipinski definition) is 0. The van der Waals surface area contributed by atoms with Crippen molar-refractivity contribution in [2.24, 2.45) is 5.41 Å². The van der Waals surface area contributed by atoms with Crippen LogP contribution in [0.15, 0.2) is 0 Å². The van der Waals surface area contributed by atoms with Crippen LogP contribution in [-0.4, -0.2) is 11.7 Å². The van der Waals surface area contributed by atoms with E-state index in [1.54, 1.807) is 0 Å². The first-order valence-corrected chi connectivity index (χ1v) is 7.63. The van der Waals surface area contributed by atoms with E-state index in [4.69, 9.17) is 4.74 Å². The third-order valence-electron chi connectivity index (χ3n) is 5.10. The topological polar surface area (TPSA) is 9.23 Å². The van der Waals surface area contributed by atoms with E-state index in [1.807, 2.05) is 0 Å². The molecule has 0 heterocycles. The monoisotopic (exact) mass is 240 g/mol. The predicted molar refractivity (Wildman–Crippen MR) is 75.3 cm³/mol. The van der Waals surface area contributed by atoms with E-state index < -0.39 is 0 Å². The molecule has 0 N–H and O–H groups in total. The Morgan fingerprint density at radius 1 is 1.06 bits per heavy atom. The van der Waals surface area contributed by atoms with Crippen molar-refractivity contribution in [3.05, 3.63) is 0 Å². The van der Waals surface area contributed by atoms with E-state index in [0.29, 0.717) is 11.5 Å². The van der Waals surface area contributed by atoms with Crippen molar-refractivity contribution >= 4 is 0 Å². The van der Waals surface area contributed by atoms with Gasteiger partial charge in [0.1, 0.15) is 0 Å². The van der Waals surface area contributed by atoms with Gasteiger partial charge in [-0.25, -0.2) is 0 Å². The van der Waals surface area contributed by atoms with Crippen molar-refractivity contribution in [3.8, 4) is 0 Å². The van der Waals surface area contributed by atoms with Gasteiger partial charge in [0, 0.05) is 0 Å². The van der Waals surface area contributed by atoms with E-state index in [1.165, 1.54) is 51.4 Å². The lowest BCUT2D eigenvalue weighted by Gasteiger charge is -2.40. The van der Waals surface area contributed by atoms with Gasteiger partial charge in [-0.05, 0) is 38.0 Å². The number of ether oxygens (including phenoxy) is 1. The molecular formula is C16H32O. The quantitative estimate of drug-likeness (QED) is 0.590. The zero-order valence-electron chi connectivity index (χ0n) is 12.6. The lowest BCUT2D eigenvalue weighted by molar-refractivity contribution is -0.137. The highest BCUT2D eigenvalue weighted by molar-refractivity contribution is 4.85. The average molecular weight is 240 g/mol. The Morgan fingerprint density at radius 3 is 2.00 bits per heavy atom. The summed E-state index contributed by atoms with van der Waals surface area (Å²) in [6.45, 7) is 11.5. The summed E-state index contributed by atoms with van der Waals surface area (Å²) in [5, 5.41) is 0. The minimum atomic E-state index is 0.183.